The number of fused-ring (bicyclic) bond motifs is 1. The molecule has 0 bridgehead atoms. The molecule has 29 heavy (non-hydrogen) atoms. The largest absolute Gasteiger partial charge is 0.332 e. The molecule has 1 aromatic carbocycles. The molecule has 0 aliphatic carbocycles. The van der Waals surface area contributed by atoms with E-state index in [1.54, 1.807) is 16.8 Å². The van der Waals surface area contributed by atoms with Gasteiger partial charge >= 0.3 is 0 Å². The van der Waals surface area contributed by atoms with E-state index in [4.69, 9.17) is 0 Å². The van der Waals surface area contributed by atoms with Gasteiger partial charge in [-0.1, -0.05) is 31.9 Å². The van der Waals surface area contributed by atoms with E-state index in [1.807, 2.05) is 24.9 Å². The normalized spacial score (nSPS) is 24.8. The Hall–Kier alpha value is -2.21. The fourth-order valence-electron chi connectivity index (χ4n) is 5.20. The van der Waals surface area contributed by atoms with E-state index >= 15 is 0 Å². The maximum atomic E-state index is 13.9. The number of aromatic nitrogens is 2. The van der Waals surface area contributed by atoms with Crippen LogP contribution >= 0.6 is 0 Å². The van der Waals surface area contributed by atoms with Crippen molar-refractivity contribution in [2.75, 3.05) is 13.1 Å². The predicted molar refractivity (Wildman–Crippen MR) is 112 cm³/mol. The zero-order valence-corrected chi connectivity index (χ0v) is 17.6. The maximum Gasteiger partial charge on any atom is 0.272 e. The molecule has 1 N–H and O–H groups in total. The monoisotopic (exact) mass is 398 g/mol. The minimum absolute atomic E-state index is 0.0495. The SMILES string of the molecule is CCc1nn(C)c(C(=O)N2C[C@@H](c3cccc(F)c3)[C@@H]3NCCCCC[C@H]32)c1C. The summed E-state index contributed by atoms with van der Waals surface area (Å²) in [7, 11) is 1.85. The van der Waals surface area contributed by atoms with Crippen LogP contribution in [0.4, 0.5) is 4.39 Å². The van der Waals surface area contributed by atoms with Crippen molar-refractivity contribution in [1.29, 1.82) is 0 Å². The van der Waals surface area contributed by atoms with Crippen molar-refractivity contribution in [2.24, 2.45) is 7.05 Å². The Balaban J connectivity index is 1.70. The Kier molecular flexibility index (Phi) is 5.72. The lowest BCUT2D eigenvalue weighted by atomic mass is 9.88. The molecule has 3 atom stereocenters. The van der Waals surface area contributed by atoms with Crippen molar-refractivity contribution in [2.45, 2.75) is 64.0 Å². The number of nitrogens with one attached hydrogen (secondary N) is 1. The van der Waals surface area contributed by atoms with E-state index in [0.29, 0.717) is 12.2 Å². The number of carbonyl (C=O) groups is 1. The Morgan fingerprint density at radius 3 is 2.86 bits per heavy atom. The number of halogens is 1. The average Bonchev–Trinajstić information content (AvgIpc) is 3.17. The molecule has 5 nitrogen and oxygen atoms in total. The third kappa shape index (κ3) is 3.70. The molecule has 4 rings (SSSR count). The van der Waals surface area contributed by atoms with Crippen molar-refractivity contribution < 1.29 is 9.18 Å². The molecule has 1 amide bonds. The lowest BCUT2D eigenvalue weighted by molar-refractivity contribution is 0.0701. The first-order valence-corrected chi connectivity index (χ1v) is 10.8. The molecule has 2 aromatic rings. The molecule has 0 spiro atoms. The van der Waals surface area contributed by atoms with Crippen LogP contribution < -0.4 is 5.32 Å². The second-order valence-electron chi connectivity index (χ2n) is 8.41. The van der Waals surface area contributed by atoms with Crippen molar-refractivity contribution in [3.05, 3.63) is 52.6 Å². The number of hydrogen-bond acceptors (Lipinski definition) is 3. The zero-order valence-electron chi connectivity index (χ0n) is 17.6. The number of likely N-dealkylation sites (tertiary alicyclic amines) is 1. The van der Waals surface area contributed by atoms with Gasteiger partial charge in [0, 0.05) is 37.2 Å². The lowest BCUT2D eigenvalue weighted by Gasteiger charge is -2.31. The third-order valence-corrected chi connectivity index (χ3v) is 6.66. The van der Waals surface area contributed by atoms with E-state index in [9.17, 15) is 9.18 Å². The van der Waals surface area contributed by atoms with Crippen molar-refractivity contribution in [1.82, 2.24) is 20.0 Å². The van der Waals surface area contributed by atoms with E-state index in [2.05, 4.69) is 17.3 Å². The molecular weight excluding hydrogens is 367 g/mol. The van der Waals surface area contributed by atoms with Crippen LogP contribution in [0.5, 0.6) is 0 Å². The molecule has 2 fully saturated rings. The second-order valence-corrected chi connectivity index (χ2v) is 8.41. The molecule has 2 aliphatic rings. The summed E-state index contributed by atoms with van der Waals surface area (Å²) in [4.78, 5) is 15.7. The van der Waals surface area contributed by atoms with Gasteiger partial charge in [-0.2, -0.15) is 5.10 Å². The van der Waals surface area contributed by atoms with Gasteiger partial charge in [0.15, 0.2) is 0 Å². The quantitative estimate of drug-likeness (QED) is 0.860. The Morgan fingerprint density at radius 2 is 2.14 bits per heavy atom. The first kappa shape index (κ1) is 20.1. The van der Waals surface area contributed by atoms with Crippen LogP contribution in [0.15, 0.2) is 24.3 Å². The van der Waals surface area contributed by atoms with E-state index in [1.165, 1.54) is 12.5 Å². The highest BCUT2D eigenvalue weighted by atomic mass is 19.1. The van der Waals surface area contributed by atoms with Crippen molar-refractivity contribution >= 4 is 5.91 Å². The Bertz CT molecular complexity index is 893. The Labute approximate surface area is 172 Å². The minimum atomic E-state index is -0.218. The maximum absolute atomic E-state index is 13.9. The first-order chi connectivity index (χ1) is 14.0. The summed E-state index contributed by atoms with van der Waals surface area (Å²) >= 11 is 0. The summed E-state index contributed by atoms with van der Waals surface area (Å²) in [6.07, 6.45) is 5.23. The highest BCUT2D eigenvalue weighted by Gasteiger charge is 2.45. The van der Waals surface area contributed by atoms with Gasteiger partial charge in [-0.15, -0.1) is 0 Å². The van der Waals surface area contributed by atoms with Crippen LogP contribution in [-0.4, -0.2) is 45.8 Å². The number of nitrogens with zero attached hydrogens (tertiary/aromatic N) is 3. The summed E-state index contributed by atoms with van der Waals surface area (Å²) in [6, 6.07) is 7.14. The molecule has 6 heteroatoms. The fourth-order valence-corrected chi connectivity index (χ4v) is 5.20. The number of carbonyl (C=O) groups excluding carboxylic acids is 1. The number of rotatable bonds is 3. The first-order valence-electron chi connectivity index (χ1n) is 10.8. The van der Waals surface area contributed by atoms with Crippen LogP contribution in [0, 0.1) is 12.7 Å². The van der Waals surface area contributed by atoms with E-state index < -0.39 is 0 Å². The lowest BCUT2D eigenvalue weighted by Crippen LogP contribution is -2.47. The third-order valence-electron chi connectivity index (χ3n) is 6.66. The average molecular weight is 399 g/mol. The molecule has 156 valence electrons. The van der Waals surface area contributed by atoms with E-state index in [0.717, 1.165) is 49.0 Å². The van der Waals surface area contributed by atoms with Crippen LogP contribution in [0.3, 0.4) is 0 Å². The van der Waals surface area contributed by atoms with Crippen LogP contribution in [0.25, 0.3) is 0 Å². The number of benzene rings is 1. The molecule has 2 saturated heterocycles. The standard InChI is InChI=1S/C23H31FN4O/c1-4-19-15(2)22(27(3)26-19)23(29)28-14-18(16-9-8-10-17(24)13-16)21-20(28)11-6-5-7-12-25-21/h8-10,13,18,20-21,25H,4-7,11-12,14H2,1-3H3/t18-,20+,21-/m0/s1. The van der Waals surface area contributed by atoms with Crippen LogP contribution in [0.2, 0.25) is 0 Å². The minimum Gasteiger partial charge on any atom is -0.332 e. The van der Waals surface area contributed by atoms with Gasteiger partial charge in [0.05, 0.1) is 5.69 Å². The number of hydrogen-bond donors (Lipinski definition) is 1. The molecular formula is C23H31FN4O. The van der Waals surface area contributed by atoms with Gasteiger partial charge in [0.2, 0.25) is 0 Å². The summed E-state index contributed by atoms with van der Waals surface area (Å²) < 4.78 is 15.7. The molecule has 2 aliphatic heterocycles. The van der Waals surface area contributed by atoms with Crippen LogP contribution in [-0.2, 0) is 13.5 Å². The van der Waals surface area contributed by atoms with Gasteiger partial charge < -0.3 is 10.2 Å². The topological polar surface area (TPSA) is 50.2 Å². The van der Waals surface area contributed by atoms with Gasteiger partial charge in [-0.25, -0.2) is 4.39 Å². The summed E-state index contributed by atoms with van der Waals surface area (Å²) in [5.41, 5.74) is 3.61. The molecule has 0 saturated carbocycles. The summed E-state index contributed by atoms with van der Waals surface area (Å²) in [6.45, 7) is 5.61. The fraction of sp³-hybridized carbons (Fsp3) is 0.565. The van der Waals surface area contributed by atoms with Gasteiger partial charge in [-0.3, -0.25) is 9.48 Å². The van der Waals surface area contributed by atoms with Gasteiger partial charge in [0.1, 0.15) is 11.5 Å². The summed E-state index contributed by atoms with van der Waals surface area (Å²) in [5, 5.41) is 8.25. The summed E-state index contributed by atoms with van der Waals surface area (Å²) in [5.74, 6) is -0.0739. The van der Waals surface area contributed by atoms with E-state index in [-0.39, 0.29) is 29.7 Å². The zero-order chi connectivity index (χ0) is 20.5. The van der Waals surface area contributed by atoms with Gasteiger partial charge in [-0.05, 0) is 50.4 Å². The van der Waals surface area contributed by atoms with Crippen LogP contribution in [0.1, 0.15) is 65.8 Å². The molecule has 0 radical (unpaired) electrons. The number of aryl methyl sites for hydroxylation is 2. The number of amides is 1. The smallest absolute Gasteiger partial charge is 0.272 e. The van der Waals surface area contributed by atoms with Gasteiger partial charge in [0.25, 0.3) is 5.91 Å². The molecule has 3 heterocycles. The Morgan fingerprint density at radius 1 is 1.31 bits per heavy atom. The molecule has 1 aromatic heterocycles. The highest BCUT2D eigenvalue weighted by Crippen LogP contribution is 2.37. The molecule has 0 unspecified atom stereocenters. The van der Waals surface area contributed by atoms with Crippen molar-refractivity contribution in [3.63, 3.8) is 0 Å². The predicted octanol–water partition coefficient (Wildman–Crippen LogP) is 3.57. The van der Waals surface area contributed by atoms with Crippen molar-refractivity contribution in [3.8, 4) is 0 Å². The second kappa shape index (κ2) is 8.27. The highest BCUT2D eigenvalue weighted by molar-refractivity contribution is 5.95.